The van der Waals surface area contributed by atoms with Crippen molar-refractivity contribution in [3.05, 3.63) is 0 Å². The zero-order chi connectivity index (χ0) is 7.56. The quantitative estimate of drug-likeness (QED) is 0.561. The number of hydrogen-bond acceptors (Lipinski definition) is 1. The first kappa shape index (κ1) is 7.54. The maximum atomic E-state index is 10.6. The van der Waals surface area contributed by atoms with E-state index in [-0.39, 0.29) is 17.9 Å². The molecule has 0 heterocycles. The Morgan fingerprint density at radius 3 is 2.20 bits per heavy atom. The lowest BCUT2D eigenvalue weighted by atomic mass is 9.86. The summed E-state index contributed by atoms with van der Waals surface area (Å²) in [5.74, 6) is -0.131. The molecule has 10 heavy (non-hydrogen) atoms. The summed E-state index contributed by atoms with van der Waals surface area (Å²) in [4.78, 5) is 10.6. The number of carbonyl (C=O) groups excluding carboxylic acids is 1. The minimum Gasteiger partial charge on any atom is -0.369 e. The summed E-state index contributed by atoms with van der Waals surface area (Å²) in [6.45, 7) is 0. The van der Waals surface area contributed by atoms with E-state index in [1.165, 1.54) is 0 Å². The van der Waals surface area contributed by atoms with E-state index in [4.69, 9.17) is 11.5 Å². The fourth-order valence-corrected chi connectivity index (χ4v) is 1.38. The Labute approximate surface area is 60.8 Å². The van der Waals surface area contributed by atoms with Gasteiger partial charge in [-0.25, -0.2) is 0 Å². The van der Waals surface area contributed by atoms with Gasteiger partial charge in [-0.05, 0) is 25.7 Å². The second-order valence-electron chi connectivity index (χ2n) is 2.95. The molecule has 0 unspecified atom stereocenters. The zero-order valence-corrected chi connectivity index (χ0v) is 5.97. The van der Waals surface area contributed by atoms with Gasteiger partial charge in [0.2, 0.25) is 5.91 Å². The average Bonchev–Trinajstić information content (AvgIpc) is 1.88. The number of nitrogens with one attached hydrogen (secondary N) is 1. The molecule has 3 N–H and O–H groups in total. The highest BCUT2D eigenvalue weighted by Crippen LogP contribution is 2.22. The van der Waals surface area contributed by atoms with Crippen LogP contribution in [0.4, 0.5) is 0 Å². The summed E-state index contributed by atoms with van der Waals surface area (Å²) in [5, 5.41) is 0. The zero-order valence-electron chi connectivity index (χ0n) is 5.97. The van der Waals surface area contributed by atoms with Crippen molar-refractivity contribution < 1.29 is 4.79 Å². The van der Waals surface area contributed by atoms with Crippen LogP contribution in [0.15, 0.2) is 0 Å². The van der Waals surface area contributed by atoms with E-state index >= 15 is 0 Å². The second kappa shape index (κ2) is 3.01. The van der Waals surface area contributed by atoms with Crippen LogP contribution in [-0.4, -0.2) is 11.9 Å². The van der Waals surface area contributed by atoms with Crippen LogP contribution in [-0.2, 0) is 4.79 Å². The van der Waals surface area contributed by atoms with E-state index in [0.717, 1.165) is 25.7 Å². The van der Waals surface area contributed by atoms with Crippen molar-refractivity contribution in [1.82, 2.24) is 5.73 Å². The molecule has 1 aliphatic carbocycles. The van der Waals surface area contributed by atoms with Crippen LogP contribution >= 0.6 is 0 Å². The van der Waals surface area contributed by atoms with E-state index in [1.54, 1.807) is 0 Å². The summed E-state index contributed by atoms with van der Waals surface area (Å²) < 4.78 is 0. The van der Waals surface area contributed by atoms with E-state index in [9.17, 15) is 4.79 Å². The molecule has 0 spiro atoms. The maximum Gasteiger partial charge on any atom is 0.220 e. The van der Waals surface area contributed by atoms with Crippen LogP contribution in [0.2, 0.25) is 0 Å². The third kappa shape index (κ3) is 1.70. The summed E-state index contributed by atoms with van der Waals surface area (Å²) in [5.41, 5.74) is 12.5. The van der Waals surface area contributed by atoms with Crippen LogP contribution in [0.1, 0.15) is 25.7 Å². The number of nitrogens with two attached hydrogens (primary N) is 1. The van der Waals surface area contributed by atoms with Crippen LogP contribution in [0, 0.1) is 5.92 Å². The predicted octanol–water partition coefficient (Wildman–Crippen LogP) is 0.313. The summed E-state index contributed by atoms with van der Waals surface area (Å²) in [7, 11) is 0. The Morgan fingerprint density at radius 2 is 1.80 bits per heavy atom. The van der Waals surface area contributed by atoms with Gasteiger partial charge in [0.1, 0.15) is 0 Å². The van der Waals surface area contributed by atoms with Crippen molar-refractivity contribution in [3.8, 4) is 0 Å². The molecular formula is C7H13N2O. The molecule has 3 heteroatoms. The summed E-state index contributed by atoms with van der Waals surface area (Å²) in [6.07, 6.45) is 3.33. The second-order valence-corrected chi connectivity index (χ2v) is 2.95. The van der Waals surface area contributed by atoms with Crippen molar-refractivity contribution in [1.29, 1.82) is 0 Å². The first-order chi connectivity index (χ1) is 4.70. The Morgan fingerprint density at radius 1 is 1.30 bits per heavy atom. The van der Waals surface area contributed by atoms with Gasteiger partial charge in [0.15, 0.2) is 0 Å². The van der Waals surface area contributed by atoms with E-state index in [2.05, 4.69) is 0 Å². The summed E-state index contributed by atoms with van der Waals surface area (Å²) >= 11 is 0. The van der Waals surface area contributed by atoms with Gasteiger partial charge in [-0.2, -0.15) is 0 Å². The number of hydrogen-bond donors (Lipinski definition) is 1. The standard InChI is InChI=1S/C7H13N2O/c8-6-3-1-5(2-4-6)7(9)10/h5-6,8H,1-4H2,(H2,9,10)/t5-,6+. The molecule has 1 saturated carbocycles. The summed E-state index contributed by atoms with van der Waals surface area (Å²) in [6, 6.07) is 0.0515. The molecule has 0 saturated heterocycles. The molecule has 57 valence electrons. The monoisotopic (exact) mass is 141 g/mol. The van der Waals surface area contributed by atoms with Gasteiger partial charge in [0, 0.05) is 12.0 Å². The third-order valence-electron chi connectivity index (χ3n) is 2.13. The molecule has 0 aromatic rings. The van der Waals surface area contributed by atoms with Crippen LogP contribution < -0.4 is 11.5 Å². The fourth-order valence-electron chi connectivity index (χ4n) is 1.38. The first-order valence-electron chi connectivity index (χ1n) is 3.70. The van der Waals surface area contributed by atoms with Crippen molar-refractivity contribution >= 4 is 5.91 Å². The highest BCUT2D eigenvalue weighted by Gasteiger charge is 2.22. The topological polar surface area (TPSA) is 66.9 Å². The normalized spacial score (nSPS) is 33.7. The molecule has 0 aromatic heterocycles. The lowest BCUT2D eigenvalue weighted by molar-refractivity contribution is -0.122. The Bertz CT molecular complexity index is 128. The number of rotatable bonds is 1. The molecule has 0 atom stereocenters. The third-order valence-corrected chi connectivity index (χ3v) is 2.13. The van der Waals surface area contributed by atoms with E-state index < -0.39 is 0 Å². The Hall–Kier alpha value is -0.570. The molecular weight excluding hydrogens is 128 g/mol. The molecule has 1 radical (unpaired) electrons. The highest BCUT2D eigenvalue weighted by atomic mass is 16.1. The van der Waals surface area contributed by atoms with Gasteiger partial charge < -0.3 is 5.73 Å². The lowest BCUT2D eigenvalue weighted by Crippen LogP contribution is -2.29. The number of carbonyl (C=O) groups is 1. The molecule has 1 amide bonds. The number of amides is 1. The maximum absolute atomic E-state index is 10.6. The van der Waals surface area contributed by atoms with Crippen LogP contribution in [0.5, 0.6) is 0 Å². The van der Waals surface area contributed by atoms with Crippen LogP contribution in [0.25, 0.3) is 0 Å². The first-order valence-corrected chi connectivity index (χ1v) is 3.70. The average molecular weight is 141 g/mol. The van der Waals surface area contributed by atoms with Gasteiger partial charge >= 0.3 is 0 Å². The molecule has 0 aromatic carbocycles. The minimum absolute atomic E-state index is 0.0515. The molecule has 0 bridgehead atoms. The smallest absolute Gasteiger partial charge is 0.220 e. The van der Waals surface area contributed by atoms with Crippen molar-refractivity contribution in [2.24, 2.45) is 11.7 Å². The minimum atomic E-state index is -0.188. The van der Waals surface area contributed by atoms with Crippen molar-refractivity contribution in [2.45, 2.75) is 31.7 Å². The predicted molar refractivity (Wildman–Crippen MR) is 38.0 cm³/mol. The molecule has 3 nitrogen and oxygen atoms in total. The van der Waals surface area contributed by atoms with Gasteiger partial charge in [-0.1, -0.05) is 0 Å². The SMILES string of the molecule is [NH][C@H]1CC[C@@H](C(N)=O)CC1. The molecule has 0 aliphatic heterocycles. The highest BCUT2D eigenvalue weighted by molar-refractivity contribution is 5.76. The van der Waals surface area contributed by atoms with Gasteiger partial charge in [0.05, 0.1) is 0 Å². The lowest BCUT2D eigenvalue weighted by Gasteiger charge is -2.22. The van der Waals surface area contributed by atoms with Gasteiger partial charge in [0.25, 0.3) is 0 Å². The molecule has 1 rings (SSSR count). The fraction of sp³-hybridized carbons (Fsp3) is 0.857. The molecule has 1 aliphatic rings. The Balaban J connectivity index is 2.33. The van der Waals surface area contributed by atoms with Crippen molar-refractivity contribution in [3.63, 3.8) is 0 Å². The van der Waals surface area contributed by atoms with Crippen LogP contribution in [0.3, 0.4) is 0 Å². The molecule has 1 fully saturated rings. The number of primary amides is 1. The van der Waals surface area contributed by atoms with Gasteiger partial charge in [-0.3, -0.25) is 10.5 Å². The van der Waals surface area contributed by atoms with E-state index in [0.29, 0.717) is 0 Å². The Kier molecular flexibility index (Phi) is 2.27. The largest absolute Gasteiger partial charge is 0.369 e. The van der Waals surface area contributed by atoms with Crippen molar-refractivity contribution in [2.75, 3.05) is 0 Å². The van der Waals surface area contributed by atoms with E-state index in [1.807, 2.05) is 0 Å². The van der Waals surface area contributed by atoms with Gasteiger partial charge in [-0.15, -0.1) is 0 Å².